The maximum absolute atomic E-state index is 11.3. The quantitative estimate of drug-likeness (QED) is 0.600. The van der Waals surface area contributed by atoms with Gasteiger partial charge >= 0.3 is 5.97 Å². The van der Waals surface area contributed by atoms with Gasteiger partial charge in [-0.05, 0) is 38.8 Å². The van der Waals surface area contributed by atoms with Gasteiger partial charge in [0, 0.05) is 6.42 Å². The largest absolute Gasteiger partial charge is 0.480 e. The normalized spacial score (nSPS) is 22.3. The predicted octanol–water partition coefficient (Wildman–Crippen LogP) is -0.0346. The highest BCUT2D eigenvalue weighted by atomic mass is 16.4. The molecule has 1 aliphatic heterocycles. The van der Waals surface area contributed by atoms with Crippen molar-refractivity contribution >= 4 is 11.9 Å². The van der Waals surface area contributed by atoms with Crippen molar-refractivity contribution in [1.82, 2.24) is 10.6 Å². The minimum Gasteiger partial charge on any atom is -0.480 e. The Morgan fingerprint density at radius 1 is 1.60 bits per heavy atom. The van der Waals surface area contributed by atoms with Crippen LogP contribution in [0, 0.1) is 5.92 Å². The molecule has 1 amide bonds. The van der Waals surface area contributed by atoms with E-state index < -0.39 is 12.0 Å². The zero-order chi connectivity index (χ0) is 11.3. The molecule has 2 atom stereocenters. The lowest BCUT2D eigenvalue weighted by Gasteiger charge is -2.11. The van der Waals surface area contributed by atoms with E-state index in [-0.39, 0.29) is 5.91 Å². The summed E-state index contributed by atoms with van der Waals surface area (Å²) in [6.45, 7) is 3.47. The van der Waals surface area contributed by atoms with Crippen molar-refractivity contribution < 1.29 is 14.7 Å². The topological polar surface area (TPSA) is 78.4 Å². The zero-order valence-corrected chi connectivity index (χ0v) is 8.95. The van der Waals surface area contributed by atoms with E-state index in [9.17, 15) is 9.59 Å². The lowest BCUT2D eigenvalue weighted by Crippen LogP contribution is -2.38. The van der Waals surface area contributed by atoms with Crippen LogP contribution in [0.1, 0.15) is 26.2 Å². The number of carboxylic acid groups (broad SMARTS) is 1. The fourth-order valence-corrected chi connectivity index (χ4v) is 1.67. The van der Waals surface area contributed by atoms with E-state index in [0.29, 0.717) is 12.3 Å². The average Bonchev–Trinajstić information content (AvgIpc) is 2.66. The number of carboxylic acids is 1. The van der Waals surface area contributed by atoms with Gasteiger partial charge in [0.05, 0.1) is 0 Å². The molecule has 1 unspecified atom stereocenters. The summed E-state index contributed by atoms with van der Waals surface area (Å²) in [4.78, 5) is 21.8. The first kappa shape index (κ1) is 12.0. The van der Waals surface area contributed by atoms with Crippen molar-refractivity contribution in [2.24, 2.45) is 5.92 Å². The zero-order valence-electron chi connectivity index (χ0n) is 8.95. The number of hydrogen-bond acceptors (Lipinski definition) is 3. The van der Waals surface area contributed by atoms with Crippen LogP contribution in [-0.2, 0) is 9.59 Å². The fraction of sp³-hybridized carbons (Fsp3) is 0.800. The van der Waals surface area contributed by atoms with Gasteiger partial charge in [0.1, 0.15) is 6.04 Å². The molecule has 1 rings (SSSR count). The monoisotopic (exact) mass is 214 g/mol. The van der Waals surface area contributed by atoms with Crippen LogP contribution in [0.4, 0.5) is 0 Å². The molecule has 0 aromatic rings. The van der Waals surface area contributed by atoms with Crippen LogP contribution in [0.2, 0.25) is 0 Å². The molecule has 15 heavy (non-hydrogen) atoms. The van der Waals surface area contributed by atoms with Gasteiger partial charge in [-0.1, -0.05) is 0 Å². The third kappa shape index (κ3) is 4.29. The molecule has 5 heteroatoms. The highest BCUT2D eigenvalue weighted by Gasteiger charge is 2.17. The molecule has 3 N–H and O–H groups in total. The molecule has 1 fully saturated rings. The van der Waals surface area contributed by atoms with Crippen molar-refractivity contribution in [2.75, 3.05) is 13.1 Å². The number of rotatable bonds is 5. The van der Waals surface area contributed by atoms with Crippen molar-refractivity contribution in [3.63, 3.8) is 0 Å². The molecule has 0 spiro atoms. The smallest absolute Gasteiger partial charge is 0.325 e. The minimum atomic E-state index is -0.995. The van der Waals surface area contributed by atoms with Gasteiger partial charge in [-0.2, -0.15) is 0 Å². The van der Waals surface area contributed by atoms with Crippen molar-refractivity contribution in [2.45, 2.75) is 32.2 Å². The maximum atomic E-state index is 11.3. The van der Waals surface area contributed by atoms with Gasteiger partial charge in [0.25, 0.3) is 0 Å². The first-order chi connectivity index (χ1) is 7.09. The van der Waals surface area contributed by atoms with Gasteiger partial charge in [-0.25, -0.2) is 0 Å². The Labute approximate surface area is 89.2 Å². The van der Waals surface area contributed by atoms with Gasteiger partial charge in [-0.15, -0.1) is 0 Å². The minimum absolute atomic E-state index is 0.170. The summed E-state index contributed by atoms with van der Waals surface area (Å²) in [6, 6.07) is -0.792. The number of nitrogens with one attached hydrogen (secondary N) is 2. The third-order valence-electron chi connectivity index (χ3n) is 2.69. The molecule has 86 valence electrons. The first-order valence-electron chi connectivity index (χ1n) is 5.32. The number of aliphatic carboxylic acids is 1. The van der Waals surface area contributed by atoms with Crippen molar-refractivity contribution in [3.05, 3.63) is 0 Å². The Hall–Kier alpha value is -1.10. The summed E-state index contributed by atoms with van der Waals surface area (Å²) in [5, 5.41) is 14.3. The van der Waals surface area contributed by atoms with Crippen molar-refractivity contribution in [1.29, 1.82) is 0 Å². The summed E-state index contributed by atoms with van der Waals surface area (Å²) < 4.78 is 0. The molecular formula is C10H18N2O3. The van der Waals surface area contributed by atoms with Crippen LogP contribution in [-0.4, -0.2) is 36.1 Å². The molecule has 1 saturated heterocycles. The van der Waals surface area contributed by atoms with Crippen LogP contribution in [0.3, 0.4) is 0 Å². The molecule has 5 nitrogen and oxygen atoms in total. The van der Waals surface area contributed by atoms with E-state index in [1.807, 2.05) is 0 Å². The molecule has 0 radical (unpaired) electrons. The van der Waals surface area contributed by atoms with Gasteiger partial charge in [0.15, 0.2) is 0 Å². The molecule has 0 aliphatic carbocycles. The van der Waals surface area contributed by atoms with Gasteiger partial charge in [-0.3, -0.25) is 9.59 Å². The molecule has 1 aliphatic rings. The molecule has 0 bridgehead atoms. The average molecular weight is 214 g/mol. The van der Waals surface area contributed by atoms with E-state index in [1.54, 1.807) is 0 Å². The van der Waals surface area contributed by atoms with E-state index in [2.05, 4.69) is 10.6 Å². The number of carbonyl (C=O) groups excluding carboxylic acids is 1. The summed E-state index contributed by atoms with van der Waals surface area (Å²) in [7, 11) is 0. The SMILES string of the molecule is C[C@@H](NC(=O)CCC1CCNC1)C(=O)O. The number of amides is 1. The van der Waals surface area contributed by atoms with Crippen molar-refractivity contribution in [3.8, 4) is 0 Å². The summed E-state index contributed by atoms with van der Waals surface area (Å²) >= 11 is 0. The van der Waals surface area contributed by atoms with Gasteiger partial charge < -0.3 is 15.7 Å². The van der Waals surface area contributed by atoms with E-state index in [4.69, 9.17) is 5.11 Å². The Morgan fingerprint density at radius 3 is 2.87 bits per heavy atom. The van der Waals surface area contributed by atoms with E-state index in [0.717, 1.165) is 25.9 Å². The molecule has 0 aromatic carbocycles. The molecule has 1 heterocycles. The number of carbonyl (C=O) groups is 2. The standard InChI is InChI=1S/C10H18N2O3/c1-7(10(14)15)12-9(13)3-2-8-4-5-11-6-8/h7-8,11H,2-6H2,1H3,(H,12,13)(H,14,15)/t7-,8?/m1/s1. The predicted molar refractivity (Wildman–Crippen MR) is 55.5 cm³/mol. The summed E-state index contributed by atoms with van der Waals surface area (Å²) in [5.41, 5.74) is 0. The second-order valence-electron chi connectivity index (χ2n) is 4.02. The summed E-state index contributed by atoms with van der Waals surface area (Å²) in [6.07, 6.45) is 2.37. The Kier molecular flexibility index (Phi) is 4.55. The van der Waals surface area contributed by atoms with E-state index in [1.165, 1.54) is 6.92 Å². The first-order valence-corrected chi connectivity index (χ1v) is 5.32. The molecular weight excluding hydrogens is 196 g/mol. The van der Waals surface area contributed by atoms with Crippen LogP contribution in [0.25, 0.3) is 0 Å². The number of hydrogen-bond donors (Lipinski definition) is 3. The summed E-state index contributed by atoms with van der Waals surface area (Å²) in [5.74, 6) is -0.599. The Balaban J connectivity index is 2.15. The van der Waals surface area contributed by atoms with Crippen LogP contribution in [0.15, 0.2) is 0 Å². The van der Waals surface area contributed by atoms with Crippen LogP contribution < -0.4 is 10.6 Å². The Morgan fingerprint density at radius 2 is 2.33 bits per heavy atom. The van der Waals surface area contributed by atoms with E-state index >= 15 is 0 Å². The third-order valence-corrected chi connectivity index (χ3v) is 2.69. The lowest BCUT2D eigenvalue weighted by molar-refractivity contribution is -0.141. The lowest BCUT2D eigenvalue weighted by atomic mass is 10.0. The molecule has 0 aromatic heterocycles. The Bertz CT molecular complexity index is 237. The molecule has 0 saturated carbocycles. The van der Waals surface area contributed by atoms with Crippen LogP contribution >= 0.6 is 0 Å². The van der Waals surface area contributed by atoms with Gasteiger partial charge in [0.2, 0.25) is 5.91 Å². The highest BCUT2D eigenvalue weighted by molar-refractivity contribution is 5.83. The maximum Gasteiger partial charge on any atom is 0.325 e. The fourth-order valence-electron chi connectivity index (χ4n) is 1.67. The highest BCUT2D eigenvalue weighted by Crippen LogP contribution is 2.13. The van der Waals surface area contributed by atoms with Crippen LogP contribution in [0.5, 0.6) is 0 Å². The second-order valence-corrected chi connectivity index (χ2v) is 4.02. The second kappa shape index (κ2) is 5.70.